The van der Waals surface area contributed by atoms with E-state index in [1.165, 1.54) is 12.1 Å². The second kappa shape index (κ2) is 11.6. The molecule has 39 heavy (non-hydrogen) atoms. The molecule has 0 saturated carbocycles. The van der Waals surface area contributed by atoms with Crippen molar-refractivity contribution < 1.29 is 36.3 Å². The number of aliphatic carboxylic acids is 1. The smallest absolute Gasteiger partial charge is 0.475 e. The summed E-state index contributed by atoms with van der Waals surface area (Å²) in [6, 6.07) is 20.8. The van der Waals surface area contributed by atoms with E-state index in [0.717, 1.165) is 16.5 Å². The molecule has 0 aliphatic carbocycles. The number of benzene rings is 3. The first-order valence-corrected chi connectivity index (χ1v) is 12.7. The van der Waals surface area contributed by atoms with Crippen molar-refractivity contribution in [2.45, 2.75) is 17.1 Å². The molecule has 1 aromatic heterocycles. The van der Waals surface area contributed by atoms with E-state index < -0.39 is 28.2 Å². The maximum absolute atomic E-state index is 13.1. The average molecular weight is 564 g/mol. The number of halogens is 3. The minimum absolute atomic E-state index is 0.00675. The van der Waals surface area contributed by atoms with E-state index in [-0.39, 0.29) is 10.8 Å². The van der Waals surface area contributed by atoms with E-state index in [0.29, 0.717) is 16.9 Å². The zero-order valence-corrected chi connectivity index (χ0v) is 21.4. The predicted molar refractivity (Wildman–Crippen MR) is 138 cm³/mol. The van der Waals surface area contributed by atoms with Crippen LogP contribution in [0.25, 0.3) is 22.2 Å². The largest absolute Gasteiger partial charge is 0.490 e. The summed E-state index contributed by atoms with van der Waals surface area (Å²) in [5, 5.41) is 23.4. The lowest BCUT2D eigenvalue weighted by atomic mass is 10.0. The summed E-state index contributed by atoms with van der Waals surface area (Å²) < 4.78 is 55.2. The monoisotopic (exact) mass is 563 g/mol. The minimum Gasteiger partial charge on any atom is -0.475 e. The lowest BCUT2D eigenvalue weighted by Crippen LogP contribution is -2.32. The highest BCUT2D eigenvalue weighted by atomic mass is 32.2. The van der Waals surface area contributed by atoms with Gasteiger partial charge in [0.2, 0.25) is 15.9 Å². The Kier molecular flexibility index (Phi) is 8.74. The standard InChI is InChI=1S/C23H23N5O3S.C2HF3O2/c1-28(2)22(15-7-4-3-5-8-15)23(29)25-17-11-12-20-19(14-17)21(27-26-20)16-9-6-10-18(13-16)32(24,30)31;3-2(4,5)1(6)7/h3-14,22H,1-2H3,(H,25,29)(H,26,27)(H2,24,30,31);(H,6,7)/t22-;/m1./s1. The van der Waals surface area contributed by atoms with Gasteiger partial charge in [-0.2, -0.15) is 18.3 Å². The Labute approximate surface area is 221 Å². The number of nitrogens with one attached hydrogen (secondary N) is 2. The topological polar surface area (TPSA) is 158 Å². The molecule has 1 amide bonds. The van der Waals surface area contributed by atoms with Gasteiger partial charge in [-0.1, -0.05) is 42.5 Å². The molecule has 4 aromatic rings. The highest BCUT2D eigenvalue weighted by molar-refractivity contribution is 7.89. The van der Waals surface area contributed by atoms with E-state index in [4.69, 9.17) is 15.0 Å². The number of nitrogens with zero attached hydrogens (tertiary/aromatic N) is 2. The van der Waals surface area contributed by atoms with Crippen LogP contribution in [-0.4, -0.2) is 60.8 Å². The average Bonchev–Trinajstić information content (AvgIpc) is 3.27. The van der Waals surface area contributed by atoms with Crippen molar-refractivity contribution in [3.8, 4) is 11.3 Å². The van der Waals surface area contributed by atoms with Gasteiger partial charge >= 0.3 is 12.1 Å². The van der Waals surface area contributed by atoms with Gasteiger partial charge in [-0.3, -0.25) is 14.8 Å². The Balaban J connectivity index is 0.000000532. The van der Waals surface area contributed by atoms with Crippen molar-refractivity contribution >= 4 is 38.5 Å². The van der Waals surface area contributed by atoms with Crippen LogP contribution < -0.4 is 10.5 Å². The Morgan fingerprint density at radius 1 is 1.03 bits per heavy atom. The zero-order chi connectivity index (χ0) is 29.0. The van der Waals surface area contributed by atoms with Crippen LogP contribution in [-0.2, 0) is 19.6 Å². The molecule has 3 aromatic carbocycles. The lowest BCUT2D eigenvalue weighted by molar-refractivity contribution is -0.192. The Morgan fingerprint density at radius 3 is 2.23 bits per heavy atom. The van der Waals surface area contributed by atoms with Crippen LogP contribution >= 0.6 is 0 Å². The number of amides is 1. The van der Waals surface area contributed by atoms with E-state index >= 15 is 0 Å². The summed E-state index contributed by atoms with van der Waals surface area (Å²) in [4.78, 5) is 23.8. The third kappa shape index (κ3) is 7.40. The SMILES string of the molecule is CN(C)[C@@H](C(=O)Nc1ccc2[nH]nc(-c3cccc(S(N)(=O)=O)c3)c2c1)c1ccccc1.O=C(O)C(F)(F)F. The molecule has 0 aliphatic heterocycles. The Bertz CT molecular complexity index is 1590. The summed E-state index contributed by atoms with van der Waals surface area (Å²) in [6.45, 7) is 0. The molecular weight excluding hydrogens is 539 g/mol. The van der Waals surface area contributed by atoms with Crippen LogP contribution in [0.4, 0.5) is 18.9 Å². The molecule has 10 nitrogen and oxygen atoms in total. The predicted octanol–water partition coefficient (Wildman–Crippen LogP) is 3.75. The van der Waals surface area contributed by atoms with Gasteiger partial charge in [0.05, 0.1) is 10.4 Å². The van der Waals surface area contributed by atoms with Gasteiger partial charge in [-0.15, -0.1) is 0 Å². The first-order chi connectivity index (χ1) is 18.2. The summed E-state index contributed by atoms with van der Waals surface area (Å²) in [6.07, 6.45) is -5.08. The number of sulfonamides is 1. The number of alkyl halides is 3. The fourth-order valence-electron chi connectivity index (χ4n) is 3.66. The second-order valence-corrected chi connectivity index (χ2v) is 10.0. The van der Waals surface area contributed by atoms with Gasteiger partial charge in [-0.25, -0.2) is 18.4 Å². The third-order valence-electron chi connectivity index (χ3n) is 5.39. The molecule has 1 heterocycles. The second-order valence-electron chi connectivity index (χ2n) is 8.47. The number of carbonyl (C=O) groups is 2. The summed E-state index contributed by atoms with van der Waals surface area (Å²) in [5.41, 5.74) is 3.41. The zero-order valence-electron chi connectivity index (χ0n) is 20.6. The van der Waals surface area contributed by atoms with Gasteiger partial charge in [0.15, 0.2) is 0 Å². The van der Waals surface area contributed by atoms with Gasteiger partial charge in [-0.05, 0) is 50.0 Å². The number of H-pyrrole nitrogens is 1. The van der Waals surface area contributed by atoms with E-state index in [1.54, 1.807) is 18.2 Å². The number of rotatable bonds is 6. The number of anilines is 1. The maximum atomic E-state index is 13.1. The molecule has 206 valence electrons. The number of carbonyl (C=O) groups excluding carboxylic acids is 1. The molecule has 5 N–H and O–H groups in total. The van der Waals surface area contributed by atoms with Crippen LogP contribution in [0.2, 0.25) is 0 Å². The minimum atomic E-state index is -5.08. The molecule has 0 fully saturated rings. The molecule has 0 aliphatic rings. The molecule has 1 atom stereocenters. The fourth-order valence-corrected chi connectivity index (χ4v) is 4.22. The van der Waals surface area contributed by atoms with E-state index in [1.807, 2.05) is 61.5 Å². The first-order valence-electron chi connectivity index (χ1n) is 11.1. The van der Waals surface area contributed by atoms with Crippen molar-refractivity contribution in [2.24, 2.45) is 5.14 Å². The van der Waals surface area contributed by atoms with Crippen LogP contribution in [0.5, 0.6) is 0 Å². The number of likely N-dealkylation sites (N-methyl/N-ethyl adjacent to an activating group) is 1. The number of hydrogen-bond donors (Lipinski definition) is 4. The van der Waals surface area contributed by atoms with E-state index in [9.17, 15) is 26.4 Å². The van der Waals surface area contributed by atoms with Crippen molar-refractivity contribution in [2.75, 3.05) is 19.4 Å². The molecule has 0 saturated heterocycles. The normalized spacial score (nSPS) is 12.5. The number of carboxylic acid groups (broad SMARTS) is 1. The summed E-state index contributed by atoms with van der Waals surface area (Å²) >= 11 is 0. The number of aromatic amines is 1. The number of primary sulfonamides is 1. The number of nitrogens with two attached hydrogens (primary N) is 1. The van der Waals surface area contributed by atoms with Crippen molar-refractivity contribution in [3.63, 3.8) is 0 Å². The molecule has 0 spiro atoms. The number of aromatic nitrogens is 2. The fraction of sp³-hybridized carbons (Fsp3) is 0.160. The van der Waals surface area contributed by atoms with E-state index in [2.05, 4.69) is 15.5 Å². The van der Waals surface area contributed by atoms with Crippen LogP contribution in [0, 0.1) is 0 Å². The van der Waals surface area contributed by atoms with Gasteiger partial charge in [0.1, 0.15) is 11.7 Å². The van der Waals surface area contributed by atoms with Crippen LogP contribution in [0.15, 0.2) is 77.7 Å². The van der Waals surface area contributed by atoms with Crippen molar-refractivity contribution in [3.05, 3.63) is 78.4 Å². The maximum Gasteiger partial charge on any atom is 0.490 e. The number of hydrogen-bond acceptors (Lipinski definition) is 6. The first kappa shape index (κ1) is 29.3. The van der Waals surface area contributed by atoms with Crippen LogP contribution in [0.1, 0.15) is 11.6 Å². The van der Waals surface area contributed by atoms with Gasteiger partial charge in [0.25, 0.3) is 0 Å². The molecule has 0 bridgehead atoms. The third-order valence-corrected chi connectivity index (χ3v) is 6.30. The van der Waals surface area contributed by atoms with Gasteiger partial charge < -0.3 is 10.4 Å². The molecule has 4 rings (SSSR count). The van der Waals surface area contributed by atoms with Crippen molar-refractivity contribution in [1.29, 1.82) is 0 Å². The number of fused-ring (bicyclic) bond motifs is 1. The molecule has 0 radical (unpaired) electrons. The highest BCUT2D eigenvalue weighted by Crippen LogP contribution is 2.30. The lowest BCUT2D eigenvalue weighted by Gasteiger charge is -2.23. The molecular formula is C25H24F3N5O5S. The van der Waals surface area contributed by atoms with Crippen molar-refractivity contribution in [1.82, 2.24) is 15.1 Å². The highest BCUT2D eigenvalue weighted by Gasteiger charge is 2.38. The Hall–Kier alpha value is -4.27. The quantitative estimate of drug-likeness (QED) is 0.278. The molecule has 14 heteroatoms. The number of carboxylic acids is 1. The van der Waals surface area contributed by atoms with Gasteiger partial charge in [0, 0.05) is 16.6 Å². The van der Waals surface area contributed by atoms with Crippen LogP contribution in [0.3, 0.4) is 0 Å². The Morgan fingerprint density at radius 2 is 1.67 bits per heavy atom. The molecule has 0 unspecified atom stereocenters. The summed E-state index contributed by atoms with van der Waals surface area (Å²) in [7, 11) is -0.129. The summed E-state index contributed by atoms with van der Waals surface area (Å²) in [5.74, 6) is -2.92.